The van der Waals surface area contributed by atoms with Crippen molar-refractivity contribution in [2.45, 2.75) is 25.6 Å². The molecule has 0 radical (unpaired) electrons. The molecule has 0 fully saturated rings. The maximum absolute atomic E-state index is 12.2. The lowest BCUT2D eigenvalue weighted by Crippen LogP contribution is -2.26. The molecule has 1 amide bonds. The Labute approximate surface area is 101 Å². The number of nitrogens with two attached hydrogens (primary N) is 2. The Bertz CT molecular complexity index is 447. The third kappa shape index (κ3) is 4.11. The number of alkyl halides is 3. The van der Waals surface area contributed by atoms with Gasteiger partial charge in [-0.1, -0.05) is 0 Å². The third-order valence-electron chi connectivity index (χ3n) is 2.10. The van der Waals surface area contributed by atoms with Crippen LogP contribution in [0.2, 0.25) is 0 Å². The first-order chi connectivity index (χ1) is 8.19. The Hall–Kier alpha value is -1.99. The number of carbonyl (C=O) groups excluding carboxylic acids is 1. The summed E-state index contributed by atoms with van der Waals surface area (Å²) in [5.74, 6) is -0.815. The number of anilines is 2. The zero-order valence-electron chi connectivity index (χ0n) is 9.58. The molecule has 0 spiro atoms. The minimum atomic E-state index is -4.30. The number of aromatic nitrogens is 1. The van der Waals surface area contributed by atoms with E-state index in [-0.39, 0.29) is 17.1 Å². The van der Waals surface area contributed by atoms with E-state index in [0.29, 0.717) is 0 Å². The van der Waals surface area contributed by atoms with Crippen molar-refractivity contribution in [3.8, 4) is 0 Å². The van der Waals surface area contributed by atoms with E-state index in [1.54, 1.807) is 0 Å². The number of hydrogen-bond acceptors (Lipinski definition) is 4. The molecule has 100 valence electrons. The lowest BCUT2D eigenvalue weighted by atomic mass is 10.2. The quantitative estimate of drug-likeness (QED) is 0.766. The highest BCUT2D eigenvalue weighted by Gasteiger charge is 2.30. The molecule has 0 aliphatic carbocycles. The van der Waals surface area contributed by atoms with E-state index in [0.717, 1.165) is 0 Å². The SMILES string of the molecule is CC(CC(F)(F)F)Nc1ncc(N)cc1C(N)=O. The number of nitrogens with one attached hydrogen (secondary N) is 1. The van der Waals surface area contributed by atoms with Crippen LogP contribution in [0.15, 0.2) is 12.3 Å². The van der Waals surface area contributed by atoms with E-state index in [4.69, 9.17) is 11.5 Å². The second-order valence-corrected chi connectivity index (χ2v) is 3.89. The molecular formula is C10H13F3N4O. The summed E-state index contributed by atoms with van der Waals surface area (Å²) >= 11 is 0. The van der Waals surface area contributed by atoms with Crippen LogP contribution in [0.1, 0.15) is 23.7 Å². The molecular weight excluding hydrogens is 249 g/mol. The van der Waals surface area contributed by atoms with Crippen LogP contribution in [0.25, 0.3) is 0 Å². The summed E-state index contributed by atoms with van der Waals surface area (Å²) in [6.07, 6.45) is -4.11. The van der Waals surface area contributed by atoms with Crippen LogP contribution >= 0.6 is 0 Å². The van der Waals surface area contributed by atoms with Crippen molar-refractivity contribution in [3.63, 3.8) is 0 Å². The summed E-state index contributed by atoms with van der Waals surface area (Å²) in [5.41, 5.74) is 10.7. The molecule has 1 heterocycles. The van der Waals surface area contributed by atoms with Crippen LogP contribution in [0.5, 0.6) is 0 Å². The Morgan fingerprint density at radius 3 is 2.67 bits per heavy atom. The molecule has 8 heteroatoms. The Morgan fingerprint density at radius 2 is 2.17 bits per heavy atom. The van der Waals surface area contributed by atoms with Crippen molar-refractivity contribution >= 4 is 17.4 Å². The molecule has 1 aromatic heterocycles. The van der Waals surface area contributed by atoms with E-state index in [2.05, 4.69) is 10.3 Å². The van der Waals surface area contributed by atoms with Gasteiger partial charge >= 0.3 is 6.18 Å². The molecule has 0 saturated carbocycles. The van der Waals surface area contributed by atoms with Crippen LogP contribution in [0.3, 0.4) is 0 Å². The fourth-order valence-electron chi connectivity index (χ4n) is 1.42. The molecule has 1 unspecified atom stereocenters. The van der Waals surface area contributed by atoms with E-state index >= 15 is 0 Å². The van der Waals surface area contributed by atoms with E-state index < -0.39 is 24.5 Å². The molecule has 5 nitrogen and oxygen atoms in total. The summed E-state index contributed by atoms with van der Waals surface area (Å²) in [6.45, 7) is 1.33. The van der Waals surface area contributed by atoms with E-state index in [1.807, 2.05) is 0 Å². The van der Waals surface area contributed by atoms with Gasteiger partial charge in [0, 0.05) is 6.04 Å². The predicted molar refractivity (Wildman–Crippen MR) is 60.9 cm³/mol. The molecule has 0 bridgehead atoms. The third-order valence-corrected chi connectivity index (χ3v) is 2.10. The Morgan fingerprint density at radius 1 is 1.56 bits per heavy atom. The number of pyridine rings is 1. The monoisotopic (exact) mass is 262 g/mol. The van der Waals surface area contributed by atoms with Gasteiger partial charge < -0.3 is 16.8 Å². The number of rotatable bonds is 4. The molecule has 0 aliphatic heterocycles. The molecule has 1 aromatic rings. The number of halogens is 3. The predicted octanol–water partition coefficient (Wildman–Crippen LogP) is 1.52. The van der Waals surface area contributed by atoms with Crippen molar-refractivity contribution in [1.29, 1.82) is 0 Å². The molecule has 1 atom stereocenters. The van der Waals surface area contributed by atoms with Gasteiger partial charge in [-0.25, -0.2) is 4.98 Å². The minimum absolute atomic E-state index is 0.00606. The lowest BCUT2D eigenvalue weighted by molar-refractivity contribution is -0.136. The number of primary amides is 1. The maximum atomic E-state index is 12.2. The lowest BCUT2D eigenvalue weighted by Gasteiger charge is -2.17. The van der Waals surface area contributed by atoms with Crippen molar-refractivity contribution in [3.05, 3.63) is 17.8 Å². The topological polar surface area (TPSA) is 94.0 Å². The second-order valence-electron chi connectivity index (χ2n) is 3.89. The van der Waals surface area contributed by atoms with Crippen LogP contribution in [-0.4, -0.2) is 23.1 Å². The van der Waals surface area contributed by atoms with Crippen LogP contribution in [-0.2, 0) is 0 Å². The van der Waals surface area contributed by atoms with Crippen molar-refractivity contribution < 1.29 is 18.0 Å². The van der Waals surface area contributed by atoms with E-state index in [9.17, 15) is 18.0 Å². The zero-order chi connectivity index (χ0) is 13.9. The standard InChI is InChI=1S/C10H13F3N4O/c1-5(3-10(11,12)13)17-9-7(8(15)18)2-6(14)4-16-9/h2,4-5H,3,14H2,1H3,(H2,15,18)(H,16,17). The molecule has 18 heavy (non-hydrogen) atoms. The highest BCUT2D eigenvalue weighted by atomic mass is 19.4. The normalized spacial score (nSPS) is 13.1. The molecule has 0 aliphatic rings. The summed E-state index contributed by atoms with van der Waals surface area (Å²) in [5, 5.41) is 2.49. The van der Waals surface area contributed by atoms with Crippen molar-refractivity contribution in [1.82, 2.24) is 4.98 Å². The number of hydrogen-bond donors (Lipinski definition) is 3. The number of nitrogen functional groups attached to an aromatic ring is 1. The first-order valence-corrected chi connectivity index (χ1v) is 5.07. The van der Waals surface area contributed by atoms with Gasteiger partial charge in [0.15, 0.2) is 0 Å². The van der Waals surface area contributed by atoms with Gasteiger partial charge in [-0.15, -0.1) is 0 Å². The molecule has 5 N–H and O–H groups in total. The maximum Gasteiger partial charge on any atom is 0.391 e. The van der Waals surface area contributed by atoms with Crippen molar-refractivity contribution in [2.24, 2.45) is 5.73 Å². The highest BCUT2D eigenvalue weighted by Crippen LogP contribution is 2.24. The summed E-state index contributed by atoms with van der Waals surface area (Å²) in [4.78, 5) is 14.9. The average molecular weight is 262 g/mol. The molecule has 0 aromatic carbocycles. The van der Waals surface area contributed by atoms with Gasteiger partial charge in [0.25, 0.3) is 5.91 Å². The first kappa shape index (κ1) is 14.1. The Balaban J connectivity index is 2.87. The summed E-state index contributed by atoms with van der Waals surface area (Å²) in [6, 6.07) is 0.331. The van der Waals surface area contributed by atoms with Crippen LogP contribution in [0.4, 0.5) is 24.7 Å². The van der Waals surface area contributed by atoms with Gasteiger partial charge in [-0.3, -0.25) is 4.79 Å². The van der Waals surface area contributed by atoms with Gasteiger partial charge in [0.05, 0.1) is 23.9 Å². The molecule has 0 saturated heterocycles. The van der Waals surface area contributed by atoms with Gasteiger partial charge in [-0.05, 0) is 13.0 Å². The van der Waals surface area contributed by atoms with Crippen LogP contribution in [0, 0.1) is 0 Å². The first-order valence-electron chi connectivity index (χ1n) is 5.07. The zero-order valence-corrected chi connectivity index (χ0v) is 9.58. The molecule has 1 rings (SSSR count). The number of nitrogens with zero attached hydrogens (tertiary/aromatic N) is 1. The summed E-state index contributed by atoms with van der Waals surface area (Å²) < 4.78 is 36.5. The smallest absolute Gasteiger partial charge is 0.391 e. The fourth-order valence-corrected chi connectivity index (χ4v) is 1.42. The highest BCUT2D eigenvalue weighted by molar-refractivity contribution is 5.98. The number of carbonyl (C=O) groups is 1. The van der Waals surface area contributed by atoms with Crippen LogP contribution < -0.4 is 16.8 Å². The second kappa shape index (κ2) is 5.11. The Kier molecular flexibility index (Phi) is 4.00. The number of amides is 1. The van der Waals surface area contributed by atoms with E-state index in [1.165, 1.54) is 19.2 Å². The largest absolute Gasteiger partial charge is 0.397 e. The fraction of sp³-hybridized carbons (Fsp3) is 0.400. The van der Waals surface area contributed by atoms with Gasteiger partial charge in [0.2, 0.25) is 0 Å². The minimum Gasteiger partial charge on any atom is -0.397 e. The average Bonchev–Trinajstić information content (AvgIpc) is 2.17. The summed E-state index contributed by atoms with van der Waals surface area (Å²) in [7, 11) is 0. The van der Waals surface area contributed by atoms with Gasteiger partial charge in [-0.2, -0.15) is 13.2 Å². The van der Waals surface area contributed by atoms with Crippen molar-refractivity contribution in [2.75, 3.05) is 11.1 Å². The van der Waals surface area contributed by atoms with Gasteiger partial charge in [0.1, 0.15) is 5.82 Å².